The lowest BCUT2D eigenvalue weighted by Gasteiger charge is -2.06. The fourth-order valence-electron chi connectivity index (χ4n) is 3.76. The number of oxazole rings is 1. The van der Waals surface area contributed by atoms with E-state index in [-0.39, 0.29) is 5.28 Å². The maximum Gasteiger partial charge on any atom is 0.227 e. The van der Waals surface area contributed by atoms with Gasteiger partial charge in [-0.05, 0) is 41.3 Å². The van der Waals surface area contributed by atoms with Gasteiger partial charge in [-0.25, -0.2) is 9.97 Å². The molecule has 6 aromatic rings. The Kier molecular flexibility index (Phi) is 4.40. The first-order valence-corrected chi connectivity index (χ1v) is 10.5. The molecule has 0 aliphatic rings. The van der Waals surface area contributed by atoms with Crippen molar-refractivity contribution in [3.63, 3.8) is 0 Å². The Hall–Kier alpha value is -4.09. The quantitative estimate of drug-likeness (QED) is 0.305. The van der Waals surface area contributed by atoms with Gasteiger partial charge in [0.25, 0.3) is 0 Å². The summed E-state index contributed by atoms with van der Waals surface area (Å²) in [6, 6.07) is 29.6. The van der Waals surface area contributed by atoms with Crippen LogP contribution in [0.4, 0.5) is 0 Å². The highest BCUT2D eigenvalue weighted by molar-refractivity contribution is 6.28. The minimum absolute atomic E-state index is 0.161. The van der Waals surface area contributed by atoms with Crippen LogP contribution in [-0.4, -0.2) is 19.9 Å². The monoisotopic (exact) mass is 434 g/mol. The summed E-state index contributed by atoms with van der Waals surface area (Å²) in [4.78, 5) is 18.0. The van der Waals surface area contributed by atoms with Crippen LogP contribution in [-0.2, 0) is 0 Å². The van der Waals surface area contributed by atoms with Gasteiger partial charge in [0, 0.05) is 22.1 Å². The maximum atomic E-state index is 6.22. The van der Waals surface area contributed by atoms with E-state index in [1.54, 1.807) is 0 Å². The summed E-state index contributed by atoms with van der Waals surface area (Å²) in [6.07, 6.45) is 0. The van der Waals surface area contributed by atoms with E-state index in [9.17, 15) is 0 Å². The third-order valence-corrected chi connectivity index (χ3v) is 5.46. The smallest absolute Gasteiger partial charge is 0.227 e. The molecule has 0 bridgehead atoms. The van der Waals surface area contributed by atoms with Gasteiger partial charge in [0.05, 0.1) is 0 Å². The zero-order valence-corrected chi connectivity index (χ0v) is 17.5. The van der Waals surface area contributed by atoms with E-state index in [0.717, 1.165) is 38.6 Å². The third kappa shape index (κ3) is 3.29. The van der Waals surface area contributed by atoms with E-state index < -0.39 is 0 Å². The van der Waals surface area contributed by atoms with Crippen LogP contribution in [0.1, 0.15) is 0 Å². The van der Waals surface area contributed by atoms with Gasteiger partial charge in [0.2, 0.25) is 11.2 Å². The fraction of sp³-hybridized carbons (Fsp3) is 0. The minimum atomic E-state index is 0.161. The Morgan fingerprint density at radius 2 is 1.28 bits per heavy atom. The second kappa shape index (κ2) is 7.55. The number of benzene rings is 4. The molecule has 2 aromatic heterocycles. The molecular formula is C26H15ClN4O. The Bertz CT molecular complexity index is 1580. The van der Waals surface area contributed by atoms with Gasteiger partial charge in [-0.15, -0.1) is 0 Å². The molecule has 0 aliphatic carbocycles. The predicted molar refractivity (Wildman–Crippen MR) is 126 cm³/mol. The van der Waals surface area contributed by atoms with E-state index in [4.69, 9.17) is 21.0 Å². The zero-order chi connectivity index (χ0) is 21.5. The lowest BCUT2D eigenvalue weighted by molar-refractivity contribution is 0.620. The van der Waals surface area contributed by atoms with Gasteiger partial charge in [0.1, 0.15) is 5.52 Å². The molecular weight excluding hydrogens is 420 g/mol. The van der Waals surface area contributed by atoms with Crippen LogP contribution in [0.15, 0.2) is 95.4 Å². The summed E-state index contributed by atoms with van der Waals surface area (Å²) >= 11 is 6.22. The Morgan fingerprint density at radius 3 is 2.03 bits per heavy atom. The highest BCUT2D eigenvalue weighted by Gasteiger charge is 2.13. The Labute approximate surface area is 188 Å². The van der Waals surface area contributed by atoms with E-state index in [2.05, 4.69) is 15.0 Å². The Morgan fingerprint density at radius 1 is 0.594 bits per heavy atom. The van der Waals surface area contributed by atoms with Gasteiger partial charge in [-0.1, -0.05) is 66.7 Å². The summed E-state index contributed by atoms with van der Waals surface area (Å²) in [7, 11) is 0. The number of rotatable bonds is 3. The van der Waals surface area contributed by atoms with E-state index in [1.165, 1.54) is 0 Å². The summed E-state index contributed by atoms with van der Waals surface area (Å²) in [5.41, 5.74) is 4.26. The second-order valence-electron chi connectivity index (χ2n) is 7.35. The normalized spacial score (nSPS) is 11.3. The molecule has 0 aliphatic heterocycles. The van der Waals surface area contributed by atoms with Crippen LogP contribution >= 0.6 is 11.6 Å². The molecule has 2 heterocycles. The van der Waals surface area contributed by atoms with E-state index in [1.807, 2.05) is 91.0 Å². The molecule has 0 saturated carbocycles. The second-order valence-corrected chi connectivity index (χ2v) is 7.69. The van der Waals surface area contributed by atoms with Gasteiger partial charge < -0.3 is 4.42 Å². The van der Waals surface area contributed by atoms with Crippen molar-refractivity contribution in [2.75, 3.05) is 0 Å². The number of aromatic nitrogens is 4. The van der Waals surface area contributed by atoms with Crippen molar-refractivity contribution in [1.82, 2.24) is 19.9 Å². The summed E-state index contributed by atoms with van der Waals surface area (Å²) in [5, 5.41) is 2.18. The SMILES string of the molecule is Clc1nc(-c2ccccc2)nc(-c2ccc3c(ccc4oc(-c5ccccc5)nc43)c2)n1. The van der Waals surface area contributed by atoms with Crippen molar-refractivity contribution in [3.8, 4) is 34.2 Å². The molecule has 32 heavy (non-hydrogen) atoms. The summed E-state index contributed by atoms with van der Waals surface area (Å²) in [6.45, 7) is 0. The van der Waals surface area contributed by atoms with Gasteiger partial charge in [0.15, 0.2) is 17.2 Å². The molecule has 0 unspecified atom stereocenters. The molecule has 6 rings (SSSR count). The van der Waals surface area contributed by atoms with Crippen LogP contribution in [0.2, 0.25) is 5.28 Å². The molecule has 5 nitrogen and oxygen atoms in total. The van der Waals surface area contributed by atoms with Crippen LogP contribution in [0.25, 0.3) is 56.1 Å². The standard InChI is InChI=1S/C26H15ClN4O/c27-26-30-23(16-7-3-1-4-8-16)29-24(31-26)19-11-13-20-18(15-19)12-14-21-22(20)28-25(32-21)17-9-5-2-6-10-17/h1-15H. The molecule has 0 saturated heterocycles. The fourth-order valence-corrected chi connectivity index (χ4v) is 3.92. The van der Waals surface area contributed by atoms with Crippen molar-refractivity contribution >= 4 is 33.5 Å². The molecule has 0 amide bonds. The first-order valence-electron chi connectivity index (χ1n) is 10.1. The van der Waals surface area contributed by atoms with Crippen molar-refractivity contribution in [3.05, 3.63) is 96.3 Å². The van der Waals surface area contributed by atoms with Crippen LogP contribution < -0.4 is 0 Å². The molecule has 4 aromatic carbocycles. The molecule has 0 spiro atoms. The number of nitrogens with zero attached hydrogens (tertiary/aromatic N) is 4. The first-order chi connectivity index (χ1) is 15.7. The van der Waals surface area contributed by atoms with Crippen molar-refractivity contribution in [2.45, 2.75) is 0 Å². The number of hydrogen-bond acceptors (Lipinski definition) is 5. The largest absolute Gasteiger partial charge is 0.436 e. The third-order valence-electron chi connectivity index (χ3n) is 5.29. The number of hydrogen-bond donors (Lipinski definition) is 0. The van der Waals surface area contributed by atoms with Gasteiger partial charge in [-0.3, -0.25) is 0 Å². The van der Waals surface area contributed by atoms with Crippen LogP contribution in [0, 0.1) is 0 Å². The molecule has 6 heteroatoms. The summed E-state index contributed by atoms with van der Waals surface area (Å²) < 4.78 is 6.00. The highest BCUT2D eigenvalue weighted by Crippen LogP contribution is 2.32. The molecule has 152 valence electrons. The first kappa shape index (κ1) is 18.7. The summed E-state index contributed by atoms with van der Waals surface area (Å²) in [5.74, 6) is 1.67. The molecule has 0 radical (unpaired) electrons. The maximum absolute atomic E-state index is 6.22. The van der Waals surface area contributed by atoms with Crippen molar-refractivity contribution < 1.29 is 4.42 Å². The lowest BCUT2D eigenvalue weighted by atomic mass is 10.1. The average molecular weight is 435 g/mol. The van der Waals surface area contributed by atoms with E-state index in [0.29, 0.717) is 17.5 Å². The van der Waals surface area contributed by atoms with Crippen molar-refractivity contribution in [1.29, 1.82) is 0 Å². The minimum Gasteiger partial charge on any atom is -0.436 e. The average Bonchev–Trinajstić information content (AvgIpc) is 3.29. The van der Waals surface area contributed by atoms with Crippen LogP contribution in [0.5, 0.6) is 0 Å². The van der Waals surface area contributed by atoms with Crippen molar-refractivity contribution in [2.24, 2.45) is 0 Å². The highest BCUT2D eigenvalue weighted by atomic mass is 35.5. The molecule has 0 N–H and O–H groups in total. The number of halogens is 1. The zero-order valence-electron chi connectivity index (χ0n) is 16.7. The van der Waals surface area contributed by atoms with Crippen LogP contribution in [0.3, 0.4) is 0 Å². The Balaban J connectivity index is 1.46. The van der Waals surface area contributed by atoms with Gasteiger partial charge >= 0.3 is 0 Å². The lowest BCUT2D eigenvalue weighted by Crippen LogP contribution is -1.97. The number of fused-ring (bicyclic) bond motifs is 3. The van der Waals surface area contributed by atoms with E-state index >= 15 is 0 Å². The molecule has 0 fully saturated rings. The predicted octanol–water partition coefficient (Wildman–Crippen LogP) is 6.82. The molecule has 0 atom stereocenters. The topological polar surface area (TPSA) is 64.7 Å². The van der Waals surface area contributed by atoms with Gasteiger partial charge in [-0.2, -0.15) is 9.97 Å².